The van der Waals surface area contributed by atoms with Crippen molar-refractivity contribution in [2.75, 3.05) is 36.9 Å². The standard InChI is InChI=1S/C21H23N3O4.ClH/c25-20(13-22-12-14-5-6-14)24-17-4-2-1-3-16(17)21(26)23-15-7-8-18-19(11-15)28-10-9-27-18;/h1-4,7-8,11,14,22H,5-6,9-10,12-13H2,(H,23,26)(H,24,25);1H. The molecule has 0 bridgehead atoms. The number of fused-ring (bicyclic) bond motifs is 1. The molecule has 2 amide bonds. The lowest BCUT2D eigenvalue weighted by molar-refractivity contribution is -0.115. The summed E-state index contributed by atoms with van der Waals surface area (Å²) in [7, 11) is 0. The second-order valence-electron chi connectivity index (χ2n) is 6.98. The van der Waals surface area contributed by atoms with Crippen LogP contribution in [0.15, 0.2) is 42.5 Å². The van der Waals surface area contributed by atoms with E-state index in [1.165, 1.54) is 12.8 Å². The second kappa shape index (κ2) is 9.62. The van der Waals surface area contributed by atoms with E-state index in [-0.39, 0.29) is 30.8 Å². The van der Waals surface area contributed by atoms with Gasteiger partial charge in [-0.25, -0.2) is 0 Å². The molecule has 29 heavy (non-hydrogen) atoms. The second-order valence-corrected chi connectivity index (χ2v) is 6.98. The summed E-state index contributed by atoms with van der Waals surface area (Å²) >= 11 is 0. The highest BCUT2D eigenvalue weighted by Crippen LogP contribution is 2.33. The summed E-state index contributed by atoms with van der Waals surface area (Å²) in [5.74, 6) is 1.50. The summed E-state index contributed by atoms with van der Waals surface area (Å²) in [6.07, 6.45) is 2.47. The average Bonchev–Trinajstić information content (AvgIpc) is 3.52. The highest BCUT2D eigenvalue weighted by molar-refractivity contribution is 6.10. The zero-order chi connectivity index (χ0) is 19.3. The summed E-state index contributed by atoms with van der Waals surface area (Å²) in [5, 5.41) is 8.81. The van der Waals surface area contributed by atoms with Crippen molar-refractivity contribution in [1.82, 2.24) is 5.32 Å². The maximum absolute atomic E-state index is 12.7. The fourth-order valence-corrected chi connectivity index (χ4v) is 3.02. The first-order valence-corrected chi connectivity index (χ1v) is 9.49. The van der Waals surface area contributed by atoms with Crippen LogP contribution in [0.3, 0.4) is 0 Å². The number of halogens is 1. The Bertz CT molecular complexity index is 886. The molecule has 0 unspecified atom stereocenters. The van der Waals surface area contributed by atoms with Gasteiger partial charge in [0, 0.05) is 11.8 Å². The summed E-state index contributed by atoms with van der Waals surface area (Å²) in [6.45, 7) is 2.09. The summed E-state index contributed by atoms with van der Waals surface area (Å²) in [6, 6.07) is 12.2. The van der Waals surface area contributed by atoms with E-state index in [0.29, 0.717) is 47.6 Å². The number of benzene rings is 2. The van der Waals surface area contributed by atoms with Crippen LogP contribution in [0.4, 0.5) is 11.4 Å². The van der Waals surface area contributed by atoms with E-state index in [1.54, 1.807) is 42.5 Å². The van der Waals surface area contributed by atoms with Crippen molar-refractivity contribution in [3.05, 3.63) is 48.0 Å². The predicted octanol–water partition coefficient (Wildman–Crippen LogP) is 3.07. The SMILES string of the molecule is Cl.O=C(CNCC1CC1)Nc1ccccc1C(=O)Nc1ccc2c(c1)OCCO2. The third-order valence-corrected chi connectivity index (χ3v) is 4.66. The van der Waals surface area contributed by atoms with Gasteiger partial charge in [-0.2, -0.15) is 0 Å². The van der Waals surface area contributed by atoms with Crippen molar-refractivity contribution in [3.8, 4) is 11.5 Å². The van der Waals surface area contributed by atoms with Gasteiger partial charge in [0.1, 0.15) is 13.2 Å². The number of anilines is 2. The monoisotopic (exact) mass is 417 g/mol. The average molecular weight is 418 g/mol. The fourth-order valence-electron chi connectivity index (χ4n) is 3.02. The van der Waals surface area contributed by atoms with Gasteiger partial charge in [-0.05, 0) is 49.6 Å². The van der Waals surface area contributed by atoms with E-state index in [0.717, 1.165) is 6.54 Å². The fraction of sp³-hybridized carbons (Fsp3) is 0.333. The largest absolute Gasteiger partial charge is 0.486 e. The zero-order valence-corrected chi connectivity index (χ0v) is 16.7. The van der Waals surface area contributed by atoms with Crippen LogP contribution in [0.5, 0.6) is 11.5 Å². The third-order valence-electron chi connectivity index (χ3n) is 4.66. The van der Waals surface area contributed by atoms with E-state index in [9.17, 15) is 9.59 Å². The van der Waals surface area contributed by atoms with Crippen LogP contribution in [0, 0.1) is 5.92 Å². The van der Waals surface area contributed by atoms with Gasteiger partial charge >= 0.3 is 0 Å². The van der Waals surface area contributed by atoms with Gasteiger partial charge in [0.2, 0.25) is 5.91 Å². The zero-order valence-electron chi connectivity index (χ0n) is 15.9. The molecule has 1 saturated carbocycles. The van der Waals surface area contributed by atoms with E-state index >= 15 is 0 Å². The molecule has 8 heteroatoms. The molecular formula is C21H24ClN3O4. The Balaban J connectivity index is 0.00000240. The molecule has 1 aliphatic heterocycles. The smallest absolute Gasteiger partial charge is 0.257 e. The van der Waals surface area contributed by atoms with Crippen LogP contribution >= 0.6 is 12.4 Å². The molecule has 0 radical (unpaired) electrons. The molecular weight excluding hydrogens is 394 g/mol. The van der Waals surface area contributed by atoms with Gasteiger partial charge in [0.05, 0.1) is 17.8 Å². The Kier molecular flexibility index (Phi) is 6.95. The van der Waals surface area contributed by atoms with Gasteiger partial charge in [-0.3, -0.25) is 9.59 Å². The van der Waals surface area contributed by atoms with Gasteiger partial charge in [0.15, 0.2) is 11.5 Å². The van der Waals surface area contributed by atoms with Crippen molar-refractivity contribution < 1.29 is 19.1 Å². The normalized spacial score (nSPS) is 14.5. The predicted molar refractivity (Wildman–Crippen MR) is 113 cm³/mol. The lowest BCUT2D eigenvalue weighted by Crippen LogP contribution is -2.30. The van der Waals surface area contributed by atoms with E-state index < -0.39 is 0 Å². The lowest BCUT2D eigenvalue weighted by atomic mass is 10.1. The molecule has 2 aliphatic rings. The molecule has 154 valence electrons. The van der Waals surface area contributed by atoms with Crippen molar-refractivity contribution in [1.29, 1.82) is 0 Å². The van der Waals surface area contributed by atoms with E-state index in [2.05, 4.69) is 16.0 Å². The van der Waals surface area contributed by atoms with Crippen molar-refractivity contribution in [2.24, 2.45) is 5.92 Å². The third kappa shape index (κ3) is 5.62. The molecule has 0 spiro atoms. The van der Waals surface area contributed by atoms with Crippen LogP contribution in [-0.4, -0.2) is 38.1 Å². The van der Waals surface area contributed by atoms with Crippen molar-refractivity contribution in [2.45, 2.75) is 12.8 Å². The number of carbonyl (C=O) groups excluding carboxylic acids is 2. The number of amides is 2. The number of hydrogen-bond acceptors (Lipinski definition) is 5. The van der Waals surface area contributed by atoms with E-state index in [4.69, 9.17) is 9.47 Å². The number of carbonyl (C=O) groups is 2. The first-order valence-electron chi connectivity index (χ1n) is 9.49. The molecule has 1 heterocycles. The Labute approximate surface area is 175 Å². The van der Waals surface area contributed by atoms with Crippen LogP contribution < -0.4 is 25.4 Å². The van der Waals surface area contributed by atoms with Gasteiger partial charge in [-0.15, -0.1) is 12.4 Å². The topological polar surface area (TPSA) is 88.7 Å². The molecule has 0 aromatic heterocycles. The molecule has 4 rings (SSSR count). The molecule has 2 aromatic rings. The Morgan fingerprint density at radius 1 is 0.966 bits per heavy atom. The molecule has 7 nitrogen and oxygen atoms in total. The molecule has 0 saturated heterocycles. The van der Waals surface area contributed by atoms with Crippen LogP contribution in [0.25, 0.3) is 0 Å². The number of ether oxygens (including phenoxy) is 2. The number of rotatable bonds is 7. The first kappa shape index (κ1) is 21.0. The molecule has 3 N–H and O–H groups in total. The summed E-state index contributed by atoms with van der Waals surface area (Å²) in [5.41, 5.74) is 1.48. The number of nitrogens with one attached hydrogen (secondary N) is 3. The Hall–Kier alpha value is -2.77. The summed E-state index contributed by atoms with van der Waals surface area (Å²) < 4.78 is 11.0. The van der Waals surface area contributed by atoms with E-state index in [1.807, 2.05) is 0 Å². The Morgan fingerprint density at radius 2 is 1.72 bits per heavy atom. The first-order chi connectivity index (χ1) is 13.7. The lowest BCUT2D eigenvalue weighted by Gasteiger charge is -2.19. The van der Waals surface area contributed by atoms with Crippen LogP contribution in [0.2, 0.25) is 0 Å². The number of hydrogen-bond donors (Lipinski definition) is 3. The molecule has 2 aromatic carbocycles. The van der Waals surface area contributed by atoms with Crippen LogP contribution in [0.1, 0.15) is 23.2 Å². The van der Waals surface area contributed by atoms with Crippen molar-refractivity contribution in [3.63, 3.8) is 0 Å². The van der Waals surface area contributed by atoms with Gasteiger partial charge in [-0.1, -0.05) is 12.1 Å². The van der Waals surface area contributed by atoms with Crippen molar-refractivity contribution >= 4 is 35.6 Å². The van der Waals surface area contributed by atoms with Crippen LogP contribution in [-0.2, 0) is 4.79 Å². The van der Waals surface area contributed by atoms with Gasteiger partial charge < -0.3 is 25.4 Å². The Morgan fingerprint density at radius 3 is 2.52 bits per heavy atom. The minimum absolute atomic E-state index is 0. The minimum atomic E-state index is -0.307. The summed E-state index contributed by atoms with van der Waals surface area (Å²) in [4.78, 5) is 24.9. The molecule has 1 fully saturated rings. The number of para-hydroxylation sites is 1. The van der Waals surface area contributed by atoms with Gasteiger partial charge in [0.25, 0.3) is 5.91 Å². The maximum Gasteiger partial charge on any atom is 0.257 e. The molecule has 0 atom stereocenters. The maximum atomic E-state index is 12.7. The quantitative estimate of drug-likeness (QED) is 0.644. The highest BCUT2D eigenvalue weighted by atomic mass is 35.5. The minimum Gasteiger partial charge on any atom is -0.486 e. The molecule has 1 aliphatic carbocycles. The highest BCUT2D eigenvalue weighted by Gasteiger charge is 2.21.